The van der Waals surface area contributed by atoms with E-state index in [2.05, 4.69) is 5.32 Å². The molecule has 0 aliphatic carbocycles. The maximum atomic E-state index is 12.7. The Morgan fingerprint density at radius 2 is 1.31 bits per heavy atom. The van der Waals surface area contributed by atoms with Crippen molar-refractivity contribution in [3.63, 3.8) is 0 Å². The second-order valence-electron chi connectivity index (χ2n) is 13.0. The zero-order chi connectivity index (χ0) is 33.6. The van der Waals surface area contributed by atoms with Gasteiger partial charge < -0.3 is 24.4 Å². The summed E-state index contributed by atoms with van der Waals surface area (Å²) >= 11 is 0. The Kier molecular flexibility index (Phi) is 14.5. The number of imide groups is 1. The summed E-state index contributed by atoms with van der Waals surface area (Å²) in [7, 11) is 0. The van der Waals surface area contributed by atoms with Crippen molar-refractivity contribution in [1.29, 1.82) is 0 Å². The van der Waals surface area contributed by atoms with Crippen LogP contribution in [0.25, 0.3) is 0 Å². The lowest BCUT2D eigenvalue weighted by atomic mass is 10.1. The van der Waals surface area contributed by atoms with Gasteiger partial charge in [0.25, 0.3) is 11.8 Å². The van der Waals surface area contributed by atoms with Crippen molar-refractivity contribution >= 4 is 35.6 Å². The fourth-order valence-corrected chi connectivity index (χ4v) is 4.31. The number of carbonyl (C=O) groups is 6. The van der Waals surface area contributed by atoms with Crippen LogP contribution in [0.5, 0.6) is 5.75 Å². The number of rotatable bonds is 17. The molecule has 12 nitrogen and oxygen atoms in total. The van der Waals surface area contributed by atoms with E-state index in [0.717, 1.165) is 38.5 Å². The van der Waals surface area contributed by atoms with Crippen molar-refractivity contribution in [1.82, 2.24) is 10.4 Å². The van der Waals surface area contributed by atoms with E-state index < -0.39 is 53.3 Å². The van der Waals surface area contributed by atoms with Gasteiger partial charge in [0.2, 0.25) is 5.91 Å². The van der Waals surface area contributed by atoms with Crippen LogP contribution in [0.2, 0.25) is 0 Å². The summed E-state index contributed by atoms with van der Waals surface area (Å²) in [5.41, 5.74) is -0.875. The zero-order valence-corrected chi connectivity index (χ0v) is 27.4. The number of benzene rings is 1. The summed E-state index contributed by atoms with van der Waals surface area (Å²) < 4.78 is 16.4. The molecule has 1 atom stereocenters. The lowest BCUT2D eigenvalue weighted by Gasteiger charge is -2.23. The van der Waals surface area contributed by atoms with E-state index in [4.69, 9.17) is 19.0 Å². The minimum atomic E-state index is -1.40. The molecule has 0 saturated carbocycles. The molecule has 1 saturated heterocycles. The molecule has 45 heavy (non-hydrogen) atoms. The molecular formula is C33H48N2O10. The highest BCUT2D eigenvalue weighted by Crippen LogP contribution is 2.18. The summed E-state index contributed by atoms with van der Waals surface area (Å²) in [6.45, 7) is 11.0. The van der Waals surface area contributed by atoms with Gasteiger partial charge in [0.1, 0.15) is 23.0 Å². The first-order chi connectivity index (χ1) is 21.0. The van der Waals surface area contributed by atoms with Gasteiger partial charge in [-0.05, 0) is 78.6 Å². The van der Waals surface area contributed by atoms with Crippen LogP contribution in [0.3, 0.4) is 0 Å². The van der Waals surface area contributed by atoms with Crippen LogP contribution in [0.4, 0.5) is 0 Å². The average Bonchev–Trinajstić information content (AvgIpc) is 3.24. The summed E-state index contributed by atoms with van der Waals surface area (Å²) in [4.78, 5) is 78.3. The monoisotopic (exact) mass is 632 g/mol. The van der Waals surface area contributed by atoms with Crippen LogP contribution < -0.4 is 10.1 Å². The number of carbonyl (C=O) groups excluding carboxylic acids is 6. The summed E-state index contributed by atoms with van der Waals surface area (Å²) in [5.74, 6) is -3.25. The molecule has 1 N–H and O–H groups in total. The standard InChI is InChI=1S/C33H48N2O10/c1-32(2,3)43-29(39)22-25(31(41)45-35-27(37)19-20-28(35)38)34-26(36)14-12-10-8-7-9-11-13-21-42-24-17-15-23(16-18-24)30(40)44-33(4,5)6/h15-18,25H,7-14,19-22H2,1-6H3,(H,34,36)/t25-/m0/s1. The molecule has 0 unspecified atom stereocenters. The van der Waals surface area contributed by atoms with Crippen LogP contribution in [-0.4, -0.2) is 64.5 Å². The molecule has 1 aliphatic heterocycles. The van der Waals surface area contributed by atoms with Crippen LogP contribution >= 0.6 is 0 Å². The number of unbranched alkanes of at least 4 members (excludes halogenated alkanes) is 6. The molecule has 0 bridgehead atoms. The van der Waals surface area contributed by atoms with E-state index in [0.29, 0.717) is 29.4 Å². The summed E-state index contributed by atoms with van der Waals surface area (Å²) in [6.07, 6.45) is 5.72. The van der Waals surface area contributed by atoms with Crippen LogP contribution in [0.1, 0.15) is 123 Å². The molecule has 1 aromatic rings. The Bertz CT molecular complexity index is 1170. The Labute approximate surface area is 265 Å². The van der Waals surface area contributed by atoms with Crippen molar-refractivity contribution in [3.8, 4) is 5.75 Å². The van der Waals surface area contributed by atoms with E-state index in [9.17, 15) is 28.8 Å². The summed E-state index contributed by atoms with van der Waals surface area (Å²) in [5, 5.41) is 2.88. The highest BCUT2D eigenvalue weighted by molar-refractivity contribution is 6.02. The molecule has 1 aliphatic rings. The minimum Gasteiger partial charge on any atom is -0.494 e. The molecule has 1 fully saturated rings. The number of amides is 3. The first kappa shape index (κ1) is 37.2. The Morgan fingerprint density at radius 3 is 1.87 bits per heavy atom. The first-order valence-electron chi connectivity index (χ1n) is 15.6. The van der Waals surface area contributed by atoms with Crippen LogP contribution in [0, 0.1) is 0 Å². The van der Waals surface area contributed by atoms with Gasteiger partial charge in [-0.1, -0.05) is 32.1 Å². The molecule has 12 heteroatoms. The Morgan fingerprint density at radius 1 is 0.778 bits per heavy atom. The maximum Gasteiger partial charge on any atom is 0.355 e. The van der Waals surface area contributed by atoms with Crippen molar-refractivity contribution < 1.29 is 47.8 Å². The number of hydrogen-bond donors (Lipinski definition) is 1. The third kappa shape index (κ3) is 15.1. The SMILES string of the molecule is CC(C)(C)OC(=O)C[C@H](NC(=O)CCCCCCCCCOc1ccc(C(=O)OC(C)(C)C)cc1)C(=O)ON1C(=O)CCC1=O. The third-order valence-electron chi connectivity index (χ3n) is 6.40. The second-order valence-corrected chi connectivity index (χ2v) is 13.0. The van der Waals surface area contributed by atoms with Gasteiger partial charge in [0.05, 0.1) is 18.6 Å². The minimum absolute atomic E-state index is 0.0733. The number of ether oxygens (including phenoxy) is 3. The smallest absolute Gasteiger partial charge is 0.355 e. The fraction of sp³-hybridized carbons (Fsp3) is 0.636. The first-order valence-corrected chi connectivity index (χ1v) is 15.6. The molecule has 0 radical (unpaired) electrons. The van der Waals surface area contributed by atoms with E-state index >= 15 is 0 Å². The molecule has 0 aromatic heterocycles. The number of nitrogens with zero attached hydrogens (tertiary/aromatic N) is 1. The largest absolute Gasteiger partial charge is 0.494 e. The van der Waals surface area contributed by atoms with Gasteiger partial charge in [0, 0.05) is 19.3 Å². The number of hydrogen-bond acceptors (Lipinski definition) is 10. The second kappa shape index (κ2) is 17.5. The molecule has 1 aromatic carbocycles. The van der Waals surface area contributed by atoms with Crippen molar-refractivity contribution in [2.24, 2.45) is 0 Å². The van der Waals surface area contributed by atoms with Gasteiger partial charge >= 0.3 is 17.9 Å². The molecule has 3 amide bonds. The van der Waals surface area contributed by atoms with Crippen molar-refractivity contribution in [3.05, 3.63) is 29.8 Å². The Balaban J connectivity index is 1.64. The topological polar surface area (TPSA) is 155 Å². The molecule has 0 spiro atoms. The summed E-state index contributed by atoms with van der Waals surface area (Å²) in [6, 6.07) is 5.49. The molecule has 1 heterocycles. The number of nitrogens with one attached hydrogen (secondary N) is 1. The van der Waals surface area contributed by atoms with E-state index in [1.807, 2.05) is 20.8 Å². The molecular weight excluding hydrogens is 584 g/mol. The molecule has 250 valence electrons. The fourth-order valence-electron chi connectivity index (χ4n) is 4.31. The van der Waals surface area contributed by atoms with Gasteiger partial charge in [-0.15, -0.1) is 5.06 Å². The van der Waals surface area contributed by atoms with Gasteiger partial charge in [-0.3, -0.25) is 19.2 Å². The highest BCUT2D eigenvalue weighted by atomic mass is 16.7. The van der Waals surface area contributed by atoms with Crippen LogP contribution in [0.15, 0.2) is 24.3 Å². The van der Waals surface area contributed by atoms with E-state index in [1.54, 1.807) is 45.0 Å². The lowest BCUT2D eigenvalue weighted by Crippen LogP contribution is -2.47. The quantitative estimate of drug-likeness (QED) is 0.141. The van der Waals surface area contributed by atoms with Crippen molar-refractivity contribution in [2.45, 2.75) is 129 Å². The van der Waals surface area contributed by atoms with Gasteiger partial charge in [-0.25, -0.2) is 9.59 Å². The lowest BCUT2D eigenvalue weighted by molar-refractivity contribution is -0.199. The van der Waals surface area contributed by atoms with E-state index in [1.165, 1.54) is 0 Å². The normalized spacial score (nSPS) is 14.1. The van der Waals surface area contributed by atoms with E-state index in [-0.39, 0.29) is 25.2 Å². The number of hydroxylamine groups is 2. The maximum absolute atomic E-state index is 12.7. The van der Waals surface area contributed by atoms with Gasteiger partial charge in [0.15, 0.2) is 0 Å². The predicted octanol–water partition coefficient (Wildman–Crippen LogP) is 4.97. The van der Waals surface area contributed by atoms with Crippen molar-refractivity contribution in [2.75, 3.05) is 6.61 Å². The third-order valence-corrected chi connectivity index (χ3v) is 6.40. The highest BCUT2D eigenvalue weighted by Gasteiger charge is 2.36. The Hall–Kier alpha value is -3.96. The van der Waals surface area contributed by atoms with Crippen LogP contribution in [-0.2, 0) is 38.3 Å². The zero-order valence-electron chi connectivity index (χ0n) is 27.4. The molecule has 2 rings (SSSR count). The number of esters is 2. The van der Waals surface area contributed by atoms with Gasteiger partial charge in [-0.2, -0.15) is 0 Å². The predicted molar refractivity (Wildman–Crippen MR) is 164 cm³/mol. The average molecular weight is 633 g/mol.